The molecule has 3 heteroatoms. The number of hydrogen-bond donors (Lipinski definition) is 0. The van der Waals surface area contributed by atoms with Crippen LogP contribution in [0, 0.1) is 0 Å². The van der Waals surface area contributed by atoms with E-state index in [9.17, 15) is 0 Å². The van der Waals surface area contributed by atoms with Crippen molar-refractivity contribution < 1.29 is 0 Å². The zero-order chi connectivity index (χ0) is 30.8. The molecule has 0 bridgehead atoms. The fraction of sp³-hybridized carbons (Fsp3) is 0.0698. The lowest BCUT2D eigenvalue weighted by Crippen LogP contribution is -2.17. The molecule has 9 rings (SSSR count). The number of fused-ring (bicyclic) bond motifs is 7. The first-order chi connectivity index (χ1) is 22.6. The second-order valence-electron chi connectivity index (χ2n) is 12.7. The third kappa shape index (κ3) is 3.98. The van der Waals surface area contributed by atoms with Crippen LogP contribution in [-0.2, 0) is 5.41 Å². The van der Waals surface area contributed by atoms with Gasteiger partial charge in [-0.15, -0.1) is 0 Å². The number of aromatic nitrogens is 3. The van der Waals surface area contributed by atoms with Crippen LogP contribution in [0.1, 0.15) is 25.0 Å². The highest BCUT2D eigenvalue weighted by atomic mass is 15.2. The van der Waals surface area contributed by atoms with E-state index >= 15 is 0 Å². The summed E-state index contributed by atoms with van der Waals surface area (Å²) in [6.45, 7) is 4.70. The minimum atomic E-state index is -0.193. The molecule has 1 aliphatic carbocycles. The molecule has 3 nitrogen and oxygen atoms in total. The monoisotopic (exact) mass is 589 g/mol. The number of benzene rings is 6. The molecule has 0 radical (unpaired) electrons. The number of nitrogens with zero attached hydrogens (tertiary/aromatic N) is 3. The molecule has 0 N–H and O–H groups in total. The Morgan fingerprint density at radius 1 is 0.478 bits per heavy atom. The van der Waals surface area contributed by atoms with E-state index in [2.05, 4.69) is 164 Å². The smallest absolute Gasteiger partial charge is 0.235 e. The molecule has 2 heterocycles. The first-order valence-corrected chi connectivity index (χ1v) is 15.9. The number of para-hydroxylation sites is 1. The van der Waals surface area contributed by atoms with E-state index in [4.69, 9.17) is 9.97 Å². The minimum absolute atomic E-state index is 0.193. The van der Waals surface area contributed by atoms with Crippen LogP contribution < -0.4 is 0 Å². The van der Waals surface area contributed by atoms with Crippen molar-refractivity contribution in [2.75, 3.05) is 0 Å². The molecule has 1 aliphatic rings. The van der Waals surface area contributed by atoms with Crippen molar-refractivity contribution in [3.05, 3.63) is 163 Å². The van der Waals surface area contributed by atoms with E-state index in [1.807, 2.05) is 6.07 Å². The molecule has 218 valence electrons. The van der Waals surface area contributed by atoms with Crippen LogP contribution in [0.2, 0.25) is 0 Å². The summed E-state index contributed by atoms with van der Waals surface area (Å²) in [4.78, 5) is 10.7. The van der Waals surface area contributed by atoms with Crippen molar-refractivity contribution in [3.8, 4) is 50.7 Å². The van der Waals surface area contributed by atoms with Crippen LogP contribution in [0.5, 0.6) is 0 Å². The van der Waals surface area contributed by atoms with Gasteiger partial charge in [0, 0.05) is 27.3 Å². The van der Waals surface area contributed by atoms with Gasteiger partial charge in [-0.1, -0.05) is 147 Å². The van der Waals surface area contributed by atoms with Gasteiger partial charge in [-0.3, -0.25) is 4.57 Å². The molecule has 0 atom stereocenters. The number of hydrogen-bond acceptors (Lipinski definition) is 2. The van der Waals surface area contributed by atoms with Crippen molar-refractivity contribution in [2.24, 2.45) is 0 Å². The van der Waals surface area contributed by atoms with Crippen LogP contribution in [-0.4, -0.2) is 14.5 Å². The maximum atomic E-state index is 5.38. The summed E-state index contributed by atoms with van der Waals surface area (Å²) in [6.07, 6.45) is 0. The number of rotatable bonds is 4. The second kappa shape index (κ2) is 10.1. The van der Waals surface area contributed by atoms with Crippen LogP contribution in [0.15, 0.2) is 152 Å². The molecule has 0 aliphatic heterocycles. The van der Waals surface area contributed by atoms with Gasteiger partial charge in [0.15, 0.2) is 0 Å². The molecule has 0 saturated heterocycles. The topological polar surface area (TPSA) is 30.7 Å². The highest BCUT2D eigenvalue weighted by Crippen LogP contribution is 2.52. The van der Waals surface area contributed by atoms with Crippen LogP contribution in [0.3, 0.4) is 0 Å². The highest BCUT2D eigenvalue weighted by molar-refractivity contribution is 6.13. The summed E-state index contributed by atoms with van der Waals surface area (Å²) >= 11 is 0. The van der Waals surface area contributed by atoms with Gasteiger partial charge in [-0.05, 0) is 51.6 Å². The van der Waals surface area contributed by atoms with Gasteiger partial charge in [0.05, 0.1) is 22.4 Å². The zero-order valence-electron chi connectivity index (χ0n) is 25.8. The Kier molecular flexibility index (Phi) is 5.85. The largest absolute Gasteiger partial charge is 0.278 e. The van der Waals surface area contributed by atoms with Gasteiger partial charge in [0.1, 0.15) is 0 Å². The van der Waals surface area contributed by atoms with E-state index in [1.54, 1.807) is 0 Å². The Balaban J connectivity index is 1.36. The fourth-order valence-corrected chi connectivity index (χ4v) is 7.45. The fourth-order valence-electron chi connectivity index (χ4n) is 7.45. The van der Waals surface area contributed by atoms with E-state index < -0.39 is 0 Å². The summed E-state index contributed by atoms with van der Waals surface area (Å²) in [6, 6.07) is 53.8. The summed E-state index contributed by atoms with van der Waals surface area (Å²) in [7, 11) is 0. The quantitative estimate of drug-likeness (QED) is 0.204. The molecule has 0 saturated carbocycles. The third-order valence-electron chi connectivity index (χ3n) is 9.60. The Morgan fingerprint density at radius 3 is 1.91 bits per heavy atom. The SMILES string of the molecule is CC1(C)c2ccccc2-c2ccc3c4ccccc4n(-c4nc(-c5ccccc5)cc(-c5cccc(-c6ccccc6)c5)n4)c3c21. The minimum Gasteiger partial charge on any atom is -0.278 e. The molecule has 8 aromatic rings. The second-order valence-corrected chi connectivity index (χ2v) is 12.7. The van der Waals surface area contributed by atoms with Crippen molar-refractivity contribution in [2.45, 2.75) is 19.3 Å². The van der Waals surface area contributed by atoms with Crippen LogP contribution in [0.25, 0.3) is 72.5 Å². The standard InChI is InChI=1S/C43H31N3/c1-43(2)36-22-11-9-20-32(36)34-24-25-35-33-21-10-12-23-39(33)46(41(35)40(34)43)42-44-37(29-16-7-4-8-17-29)27-38(45-42)31-19-13-18-30(26-31)28-14-5-3-6-15-28/h3-27H,1-2H3. The van der Waals surface area contributed by atoms with Gasteiger partial charge in [0.25, 0.3) is 0 Å². The Morgan fingerprint density at radius 2 is 1.11 bits per heavy atom. The summed E-state index contributed by atoms with van der Waals surface area (Å²) in [5.41, 5.74) is 13.6. The Bertz CT molecular complexity index is 2440. The maximum Gasteiger partial charge on any atom is 0.235 e. The normalized spacial score (nSPS) is 13.2. The average molecular weight is 590 g/mol. The van der Waals surface area contributed by atoms with Crippen LogP contribution in [0.4, 0.5) is 0 Å². The van der Waals surface area contributed by atoms with Crippen LogP contribution >= 0.6 is 0 Å². The maximum absolute atomic E-state index is 5.38. The summed E-state index contributed by atoms with van der Waals surface area (Å²) in [5, 5.41) is 2.42. The lowest BCUT2D eigenvalue weighted by atomic mass is 9.81. The van der Waals surface area contributed by atoms with E-state index in [0.717, 1.165) is 33.6 Å². The van der Waals surface area contributed by atoms with E-state index in [-0.39, 0.29) is 5.41 Å². The molecular weight excluding hydrogens is 558 g/mol. The molecule has 0 unspecified atom stereocenters. The van der Waals surface area contributed by atoms with Gasteiger partial charge < -0.3 is 0 Å². The molecule has 0 spiro atoms. The molecular formula is C43H31N3. The van der Waals surface area contributed by atoms with Gasteiger partial charge in [-0.2, -0.15) is 0 Å². The molecule has 46 heavy (non-hydrogen) atoms. The lowest BCUT2D eigenvalue weighted by Gasteiger charge is -2.23. The predicted octanol–water partition coefficient (Wildman–Crippen LogP) is 10.9. The first kappa shape index (κ1) is 26.6. The lowest BCUT2D eigenvalue weighted by molar-refractivity contribution is 0.663. The van der Waals surface area contributed by atoms with E-state index in [1.165, 1.54) is 44.1 Å². The zero-order valence-corrected chi connectivity index (χ0v) is 25.8. The molecule has 0 fully saturated rings. The predicted molar refractivity (Wildman–Crippen MR) is 190 cm³/mol. The average Bonchev–Trinajstić information content (AvgIpc) is 3.57. The first-order valence-electron chi connectivity index (χ1n) is 15.9. The Labute approximate surface area is 268 Å². The summed E-state index contributed by atoms with van der Waals surface area (Å²) in [5.74, 6) is 0.674. The van der Waals surface area contributed by atoms with Gasteiger partial charge in [-0.25, -0.2) is 9.97 Å². The third-order valence-corrected chi connectivity index (χ3v) is 9.60. The molecule has 2 aromatic heterocycles. The highest BCUT2D eigenvalue weighted by Gasteiger charge is 2.38. The van der Waals surface area contributed by atoms with Crippen molar-refractivity contribution in [1.82, 2.24) is 14.5 Å². The molecule has 0 amide bonds. The van der Waals surface area contributed by atoms with E-state index in [0.29, 0.717) is 5.95 Å². The Hall–Kier alpha value is -5.80. The van der Waals surface area contributed by atoms with Gasteiger partial charge >= 0.3 is 0 Å². The van der Waals surface area contributed by atoms with Crippen molar-refractivity contribution in [3.63, 3.8) is 0 Å². The molecule has 6 aromatic carbocycles. The van der Waals surface area contributed by atoms with Gasteiger partial charge in [0.2, 0.25) is 5.95 Å². The van der Waals surface area contributed by atoms with Crippen molar-refractivity contribution in [1.29, 1.82) is 0 Å². The van der Waals surface area contributed by atoms with Crippen molar-refractivity contribution >= 4 is 21.8 Å². The summed E-state index contributed by atoms with van der Waals surface area (Å²) < 4.78 is 2.31.